The fourth-order valence-corrected chi connectivity index (χ4v) is 4.59. The van der Waals surface area contributed by atoms with Crippen LogP contribution in [0, 0.1) is 11.3 Å². The second-order valence-corrected chi connectivity index (χ2v) is 8.02. The summed E-state index contributed by atoms with van der Waals surface area (Å²) < 4.78 is 0. The standard InChI is InChI=1S/C24H26N2O5/c25-21(28)20(19-9-5-4-8-18(19)15-27)24(12-10-17(11-13-24)22(29)30)23(31)26-14-16-6-2-1-3-7-16/h1-9,15,17,20H,10-14H2,(H2,25,28)(H,26,31)(H,29,30). The van der Waals surface area contributed by atoms with E-state index >= 15 is 0 Å². The number of nitrogens with two attached hydrogens (primary N) is 1. The van der Waals surface area contributed by atoms with Crippen molar-refractivity contribution in [2.75, 3.05) is 0 Å². The monoisotopic (exact) mass is 422 g/mol. The highest BCUT2D eigenvalue weighted by atomic mass is 16.4. The van der Waals surface area contributed by atoms with E-state index in [9.17, 15) is 24.3 Å². The highest BCUT2D eigenvalue weighted by Gasteiger charge is 2.52. The average Bonchev–Trinajstić information content (AvgIpc) is 2.78. The third-order valence-corrected chi connectivity index (χ3v) is 6.25. The SMILES string of the molecule is NC(=O)C(c1ccccc1C=O)C1(C(=O)NCc2ccccc2)CCC(C(=O)O)CC1. The molecule has 4 N–H and O–H groups in total. The number of carbonyl (C=O) groups is 4. The van der Waals surface area contributed by atoms with Crippen LogP contribution >= 0.6 is 0 Å². The van der Waals surface area contributed by atoms with Gasteiger partial charge in [0.2, 0.25) is 11.8 Å². The molecule has 1 saturated carbocycles. The number of carbonyl (C=O) groups excluding carboxylic acids is 3. The summed E-state index contributed by atoms with van der Waals surface area (Å²) in [6, 6.07) is 15.9. The van der Waals surface area contributed by atoms with Crippen LogP contribution in [0.4, 0.5) is 0 Å². The minimum absolute atomic E-state index is 0.186. The molecule has 162 valence electrons. The summed E-state index contributed by atoms with van der Waals surface area (Å²) in [6.07, 6.45) is 1.52. The molecule has 0 saturated heterocycles. The van der Waals surface area contributed by atoms with E-state index in [1.807, 2.05) is 30.3 Å². The van der Waals surface area contributed by atoms with Gasteiger partial charge >= 0.3 is 5.97 Å². The topological polar surface area (TPSA) is 127 Å². The van der Waals surface area contributed by atoms with Crippen molar-refractivity contribution in [3.05, 3.63) is 71.3 Å². The van der Waals surface area contributed by atoms with Gasteiger partial charge in [-0.3, -0.25) is 19.2 Å². The molecule has 3 rings (SSSR count). The first-order valence-electron chi connectivity index (χ1n) is 10.3. The molecule has 1 unspecified atom stereocenters. The molecule has 1 aliphatic rings. The number of rotatable bonds is 8. The predicted octanol–water partition coefficient (Wildman–Crippen LogP) is 2.65. The van der Waals surface area contributed by atoms with Crippen LogP contribution in [0.2, 0.25) is 0 Å². The third kappa shape index (κ3) is 4.66. The van der Waals surface area contributed by atoms with E-state index in [-0.39, 0.29) is 38.1 Å². The van der Waals surface area contributed by atoms with E-state index < -0.39 is 29.1 Å². The van der Waals surface area contributed by atoms with Gasteiger partial charge in [-0.25, -0.2) is 0 Å². The van der Waals surface area contributed by atoms with Crippen LogP contribution in [0.3, 0.4) is 0 Å². The van der Waals surface area contributed by atoms with Crippen LogP contribution in [-0.4, -0.2) is 29.2 Å². The average molecular weight is 422 g/mol. The van der Waals surface area contributed by atoms with E-state index in [1.165, 1.54) is 0 Å². The fraction of sp³-hybridized carbons (Fsp3) is 0.333. The lowest BCUT2D eigenvalue weighted by Gasteiger charge is -2.42. The molecule has 1 atom stereocenters. The minimum atomic E-state index is -1.23. The third-order valence-electron chi connectivity index (χ3n) is 6.25. The van der Waals surface area contributed by atoms with Crippen molar-refractivity contribution in [2.45, 2.75) is 38.1 Å². The van der Waals surface area contributed by atoms with Crippen LogP contribution in [0.25, 0.3) is 0 Å². The quantitative estimate of drug-likeness (QED) is 0.564. The van der Waals surface area contributed by atoms with Crippen molar-refractivity contribution < 1.29 is 24.3 Å². The highest BCUT2D eigenvalue weighted by Crippen LogP contribution is 2.49. The number of hydrogen-bond acceptors (Lipinski definition) is 4. The Kier molecular flexibility index (Phi) is 6.84. The Morgan fingerprint density at radius 1 is 1.06 bits per heavy atom. The van der Waals surface area contributed by atoms with Gasteiger partial charge in [-0.05, 0) is 36.8 Å². The number of carboxylic acid groups (broad SMARTS) is 1. The molecule has 0 radical (unpaired) electrons. The van der Waals surface area contributed by atoms with Crippen LogP contribution in [0.15, 0.2) is 54.6 Å². The van der Waals surface area contributed by atoms with E-state index in [0.717, 1.165) is 5.56 Å². The molecule has 7 nitrogen and oxygen atoms in total. The molecule has 0 spiro atoms. The Morgan fingerprint density at radius 2 is 1.68 bits per heavy atom. The minimum Gasteiger partial charge on any atom is -0.481 e. The molecule has 0 aliphatic heterocycles. The Hall–Kier alpha value is -3.48. The largest absolute Gasteiger partial charge is 0.481 e. The van der Waals surface area contributed by atoms with Gasteiger partial charge < -0.3 is 16.2 Å². The lowest BCUT2D eigenvalue weighted by atomic mass is 9.60. The van der Waals surface area contributed by atoms with E-state index in [2.05, 4.69) is 5.32 Å². The summed E-state index contributed by atoms with van der Waals surface area (Å²) in [4.78, 5) is 49.3. The maximum absolute atomic E-state index is 13.5. The van der Waals surface area contributed by atoms with E-state index in [1.54, 1.807) is 24.3 Å². The molecular weight excluding hydrogens is 396 g/mol. The van der Waals surface area contributed by atoms with Crippen molar-refractivity contribution >= 4 is 24.1 Å². The molecule has 2 aromatic carbocycles. The molecule has 1 aliphatic carbocycles. The summed E-state index contributed by atoms with van der Waals surface area (Å²) in [6.45, 7) is 0.268. The number of carboxylic acids is 1. The fourth-order valence-electron chi connectivity index (χ4n) is 4.59. The molecule has 1 fully saturated rings. The van der Waals surface area contributed by atoms with Crippen molar-refractivity contribution in [3.63, 3.8) is 0 Å². The van der Waals surface area contributed by atoms with Gasteiger partial charge in [-0.2, -0.15) is 0 Å². The lowest BCUT2D eigenvalue weighted by molar-refractivity contribution is -0.148. The number of nitrogens with one attached hydrogen (secondary N) is 1. The summed E-state index contributed by atoms with van der Waals surface area (Å²) >= 11 is 0. The molecule has 7 heteroatoms. The van der Waals surface area contributed by atoms with Crippen molar-refractivity contribution in [3.8, 4) is 0 Å². The molecular formula is C24H26N2O5. The van der Waals surface area contributed by atoms with Gasteiger partial charge in [-0.15, -0.1) is 0 Å². The number of hydrogen-bond donors (Lipinski definition) is 3. The van der Waals surface area contributed by atoms with Crippen molar-refractivity contribution in [1.82, 2.24) is 5.32 Å². The first kappa shape index (κ1) is 22.2. The predicted molar refractivity (Wildman–Crippen MR) is 114 cm³/mol. The number of amides is 2. The highest BCUT2D eigenvalue weighted by molar-refractivity contribution is 5.95. The zero-order valence-corrected chi connectivity index (χ0v) is 17.1. The number of aliphatic carboxylic acids is 1. The van der Waals surface area contributed by atoms with Crippen LogP contribution in [0.5, 0.6) is 0 Å². The first-order chi connectivity index (χ1) is 14.9. The Labute approximate surface area is 180 Å². The van der Waals surface area contributed by atoms with Gasteiger partial charge in [0.15, 0.2) is 0 Å². The van der Waals surface area contributed by atoms with Gasteiger partial charge in [-0.1, -0.05) is 54.6 Å². The molecule has 0 bridgehead atoms. The Bertz CT molecular complexity index is 965. The van der Waals surface area contributed by atoms with Gasteiger partial charge in [0.1, 0.15) is 6.29 Å². The van der Waals surface area contributed by atoms with Gasteiger partial charge in [0.05, 0.1) is 17.3 Å². The normalized spacial score (nSPS) is 21.6. The van der Waals surface area contributed by atoms with Crippen LogP contribution in [-0.2, 0) is 20.9 Å². The maximum Gasteiger partial charge on any atom is 0.306 e. The Balaban J connectivity index is 1.99. The van der Waals surface area contributed by atoms with Gasteiger partial charge in [0, 0.05) is 12.1 Å². The number of benzene rings is 2. The van der Waals surface area contributed by atoms with Crippen LogP contribution in [0.1, 0.15) is 53.1 Å². The molecule has 0 aromatic heterocycles. The van der Waals surface area contributed by atoms with Crippen LogP contribution < -0.4 is 11.1 Å². The zero-order chi connectivity index (χ0) is 22.4. The Morgan fingerprint density at radius 3 is 2.26 bits per heavy atom. The molecule has 2 aromatic rings. The number of primary amides is 1. The molecule has 31 heavy (non-hydrogen) atoms. The first-order valence-corrected chi connectivity index (χ1v) is 10.3. The summed E-state index contributed by atoms with van der Waals surface area (Å²) in [5, 5.41) is 12.3. The lowest BCUT2D eigenvalue weighted by Crippen LogP contribution is -2.51. The van der Waals surface area contributed by atoms with Crippen molar-refractivity contribution in [1.29, 1.82) is 0 Å². The summed E-state index contributed by atoms with van der Waals surface area (Å²) in [5.41, 5.74) is 6.15. The zero-order valence-electron chi connectivity index (χ0n) is 17.1. The number of aldehydes is 1. The van der Waals surface area contributed by atoms with Gasteiger partial charge in [0.25, 0.3) is 0 Å². The second kappa shape index (κ2) is 9.55. The summed E-state index contributed by atoms with van der Waals surface area (Å²) in [7, 11) is 0. The molecule has 0 heterocycles. The van der Waals surface area contributed by atoms with E-state index in [4.69, 9.17) is 5.73 Å². The molecule has 2 amide bonds. The summed E-state index contributed by atoms with van der Waals surface area (Å²) in [5.74, 6) is -3.60. The van der Waals surface area contributed by atoms with Crippen molar-refractivity contribution in [2.24, 2.45) is 17.1 Å². The maximum atomic E-state index is 13.5. The smallest absolute Gasteiger partial charge is 0.306 e. The van der Waals surface area contributed by atoms with E-state index in [0.29, 0.717) is 17.4 Å². The second-order valence-electron chi connectivity index (χ2n) is 8.02.